The molecular formula is C26H28F2N4O4. The summed E-state index contributed by atoms with van der Waals surface area (Å²) >= 11 is 0. The van der Waals surface area contributed by atoms with Crippen LogP contribution < -0.4 is 5.32 Å². The maximum atomic E-state index is 14.0. The van der Waals surface area contributed by atoms with Gasteiger partial charge < -0.3 is 15.0 Å². The normalized spacial score (nSPS) is 24.9. The van der Waals surface area contributed by atoms with Gasteiger partial charge in [0.1, 0.15) is 11.6 Å². The minimum absolute atomic E-state index is 0.00934. The number of imide groups is 1. The Morgan fingerprint density at radius 2 is 1.94 bits per heavy atom. The Hall–Kier alpha value is -3.40. The van der Waals surface area contributed by atoms with Crippen LogP contribution in [0.5, 0.6) is 0 Å². The predicted octanol–water partition coefficient (Wildman–Crippen LogP) is 2.77. The third-order valence-electron chi connectivity index (χ3n) is 7.42. The van der Waals surface area contributed by atoms with E-state index in [1.165, 1.54) is 4.90 Å². The topological polar surface area (TPSA) is 91.8 Å². The van der Waals surface area contributed by atoms with Crippen molar-refractivity contribution in [3.8, 4) is 0 Å². The Balaban J connectivity index is 1.33. The maximum absolute atomic E-state index is 14.0. The quantitative estimate of drug-likeness (QED) is 0.619. The molecule has 190 valence electrons. The number of ether oxygens (including phenoxy) is 1. The summed E-state index contributed by atoms with van der Waals surface area (Å²) in [4.78, 5) is 47.0. The summed E-state index contributed by atoms with van der Waals surface area (Å²) in [6, 6.07) is 7.84. The van der Waals surface area contributed by atoms with Crippen molar-refractivity contribution in [1.29, 1.82) is 0 Å². The van der Waals surface area contributed by atoms with Crippen molar-refractivity contribution in [1.82, 2.24) is 20.1 Å². The number of carbonyl (C=O) groups excluding carboxylic acids is 3. The molecule has 2 aromatic rings. The van der Waals surface area contributed by atoms with E-state index in [1.807, 2.05) is 0 Å². The van der Waals surface area contributed by atoms with Gasteiger partial charge in [-0.1, -0.05) is 6.07 Å². The number of pyridine rings is 1. The molecule has 4 heterocycles. The highest BCUT2D eigenvalue weighted by atomic mass is 19.1. The molecule has 1 aromatic carbocycles. The van der Waals surface area contributed by atoms with Crippen molar-refractivity contribution in [2.75, 3.05) is 26.2 Å². The van der Waals surface area contributed by atoms with Gasteiger partial charge in [0.05, 0.1) is 24.8 Å². The van der Waals surface area contributed by atoms with Crippen LogP contribution in [0.1, 0.15) is 36.9 Å². The second-order valence-corrected chi connectivity index (χ2v) is 9.57. The molecule has 1 aromatic heterocycles. The zero-order valence-corrected chi connectivity index (χ0v) is 19.8. The van der Waals surface area contributed by atoms with Gasteiger partial charge >= 0.3 is 6.03 Å². The van der Waals surface area contributed by atoms with Crippen LogP contribution >= 0.6 is 0 Å². The van der Waals surface area contributed by atoms with E-state index in [0.29, 0.717) is 38.2 Å². The van der Waals surface area contributed by atoms with E-state index in [1.54, 1.807) is 29.3 Å². The molecule has 3 fully saturated rings. The Morgan fingerprint density at radius 1 is 1.14 bits per heavy atom. The Kier molecular flexibility index (Phi) is 6.70. The van der Waals surface area contributed by atoms with E-state index in [4.69, 9.17) is 4.74 Å². The van der Waals surface area contributed by atoms with Gasteiger partial charge in [-0.05, 0) is 56.0 Å². The lowest BCUT2D eigenvalue weighted by Crippen LogP contribution is -2.55. The minimum atomic E-state index is -1.33. The number of piperidine rings is 1. The predicted molar refractivity (Wildman–Crippen MR) is 124 cm³/mol. The third-order valence-corrected chi connectivity index (χ3v) is 7.42. The van der Waals surface area contributed by atoms with E-state index >= 15 is 0 Å². The van der Waals surface area contributed by atoms with Gasteiger partial charge in [-0.2, -0.15) is 0 Å². The average molecular weight is 499 g/mol. The molecule has 0 aliphatic carbocycles. The molecule has 0 spiro atoms. The lowest BCUT2D eigenvalue weighted by molar-refractivity contribution is -0.137. The zero-order chi connectivity index (χ0) is 25.3. The highest BCUT2D eigenvalue weighted by molar-refractivity contribution is 6.07. The van der Waals surface area contributed by atoms with Crippen molar-refractivity contribution in [2.45, 2.75) is 43.7 Å². The molecular weight excluding hydrogens is 470 g/mol. The van der Waals surface area contributed by atoms with E-state index < -0.39 is 23.2 Å². The summed E-state index contributed by atoms with van der Waals surface area (Å²) in [6.07, 6.45) is 3.73. The van der Waals surface area contributed by atoms with Gasteiger partial charge in [0.2, 0.25) is 5.91 Å². The summed E-state index contributed by atoms with van der Waals surface area (Å²) < 4.78 is 33.2. The number of halogens is 2. The van der Waals surface area contributed by atoms with Crippen LogP contribution in [-0.4, -0.2) is 65.0 Å². The number of urea groups is 1. The molecule has 10 heteroatoms. The Morgan fingerprint density at radius 3 is 2.64 bits per heavy atom. The fourth-order valence-corrected chi connectivity index (χ4v) is 5.52. The van der Waals surface area contributed by atoms with Crippen molar-refractivity contribution in [3.63, 3.8) is 0 Å². The monoisotopic (exact) mass is 498 g/mol. The number of hydrogen-bond donors (Lipinski definition) is 1. The number of nitrogens with zero attached hydrogens (tertiary/aromatic N) is 3. The van der Waals surface area contributed by atoms with Gasteiger partial charge in [-0.15, -0.1) is 0 Å². The van der Waals surface area contributed by atoms with Crippen LogP contribution in [-0.2, 0) is 26.3 Å². The summed E-state index contributed by atoms with van der Waals surface area (Å²) in [5.41, 5.74) is -0.860. The molecule has 3 aliphatic heterocycles. The first-order valence-corrected chi connectivity index (χ1v) is 12.3. The smallest absolute Gasteiger partial charge is 0.325 e. The van der Waals surface area contributed by atoms with Crippen LogP contribution in [0.3, 0.4) is 0 Å². The first kappa shape index (κ1) is 24.3. The first-order chi connectivity index (χ1) is 17.4. The average Bonchev–Trinajstić information content (AvgIpc) is 3.49. The molecule has 2 atom stereocenters. The highest BCUT2D eigenvalue weighted by Gasteiger charge is 2.58. The summed E-state index contributed by atoms with van der Waals surface area (Å²) in [6.45, 7) is 1.45. The van der Waals surface area contributed by atoms with Crippen molar-refractivity contribution >= 4 is 17.8 Å². The van der Waals surface area contributed by atoms with Gasteiger partial charge in [0.25, 0.3) is 5.91 Å². The van der Waals surface area contributed by atoms with E-state index in [0.717, 1.165) is 31.0 Å². The molecule has 0 saturated carbocycles. The second-order valence-electron chi connectivity index (χ2n) is 9.57. The number of benzene rings is 1. The summed E-state index contributed by atoms with van der Waals surface area (Å²) in [5.74, 6) is -2.19. The lowest BCUT2D eigenvalue weighted by Gasteiger charge is -2.40. The number of aromatic nitrogens is 1. The number of nitrogens with one attached hydrogen (secondary N) is 1. The van der Waals surface area contributed by atoms with E-state index in [2.05, 4.69) is 10.3 Å². The van der Waals surface area contributed by atoms with Gasteiger partial charge in [-0.3, -0.25) is 19.5 Å². The molecule has 0 radical (unpaired) electrons. The van der Waals surface area contributed by atoms with Gasteiger partial charge in [0.15, 0.2) is 5.54 Å². The number of amides is 4. The standard InChI is InChI=1S/C26H28F2N4O4/c27-19-6-7-21(28)17(14-19)15-23(33)31-11-8-18(9-12-31)26(22-5-1-2-10-29-22)24(34)32(25(35)30-26)16-20-4-3-13-36-20/h1-2,5-7,10,14,18,20H,3-4,8-9,11-13,15-16H2,(H,30,35)/t20-,26+/m1/s1. The summed E-state index contributed by atoms with van der Waals surface area (Å²) in [7, 11) is 0. The van der Waals surface area contributed by atoms with Gasteiger partial charge in [0, 0.05) is 37.4 Å². The van der Waals surface area contributed by atoms with Gasteiger partial charge in [-0.25, -0.2) is 13.6 Å². The fourth-order valence-electron chi connectivity index (χ4n) is 5.52. The van der Waals surface area contributed by atoms with E-state index in [9.17, 15) is 23.2 Å². The Labute approximate surface area is 207 Å². The van der Waals surface area contributed by atoms with Crippen LogP contribution in [0, 0.1) is 17.6 Å². The molecule has 0 unspecified atom stereocenters. The molecule has 3 aliphatic rings. The lowest BCUT2D eigenvalue weighted by atomic mass is 9.75. The van der Waals surface area contributed by atoms with Crippen LogP contribution in [0.25, 0.3) is 0 Å². The molecule has 8 nitrogen and oxygen atoms in total. The van der Waals surface area contributed by atoms with Crippen LogP contribution in [0.15, 0.2) is 42.6 Å². The fraction of sp³-hybridized carbons (Fsp3) is 0.462. The second kappa shape index (κ2) is 9.93. The van der Waals surface area contributed by atoms with Crippen molar-refractivity contribution in [3.05, 3.63) is 65.5 Å². The summed E-state index contributed by atoms with van der Waals surface area (Å²) in [5, 5.41) is 2.95. The van der Waals surface area contributed by atoms with Crippen molar-refractivity contribution < 1.29 is 27.9 Å². The number of likely N-dealkylation sites (tertiary alicyclic amines) is 1. The third kappa shape index (κ3) is 4.45. The SMILES string of the molecule is O=C(Cc1cc(F)ccc1F)N1CCC([C@@]2(c3ccccn3)NC(=O)N(C[C@H]3CCCO3)C2=O)CC1. The molecule has 3 saturated heterocycles. The number of carbonyl (C=O) groups is 3. The number of hydrogen-bond acceptors (Lipinski definition) is 5. The van der Waals surface area contributed by atoms with Crippen LogP contribution in [0.4, 0.5) is 13.6 Å². The number of rotatable bonds is 6. The van der Waals surface area contributed by atoms with Crippen LogP contribution in [0.2, 0.25) is 0 Å². The molecule has 5 rings (SSSR count). The molecule has 0 bridgehead atoms. The Bertz CT molecular complexity index is 1150. The van der Waals surface area contributed by atoms with E-state index in [-0.39, 0.29) is 42.4 Å². The largest absolute Gasteiger partial charge is 0.376 e. The van der Waals surface area contributed by atoms with Crippen molar-refractivity contribution in [2.24, 2.45) is 5.92 Å². The molecule has 4 amide bonds. The zero-order valence-electron chi connectivity index (χ0n) is 19.8. The first-order valence-electron chi connectivity index (χ1n) is 12.3. The highest BCUT2D eigenvalue weighted by Crippen LogP contribution is 2.41. The maximum Gasteiger partial charge on any atom is 0.325 e. The minimum Gasteiger partial charge on any atom is -0.376 e. The molecule has 36 heavy (non-hydrogen) atoms. The molecule has 1 N–H and O–H groups in total.